The zero-order chi connectivity index (χ0) is 15.2. The fourth-order valence-electron chi connectivity index (χ4n) is 2.01. The molecule has 0 bridgehead atoms. The maximum atomic E-state index is 5.25. The van der Waals surface area contributed by atoms with E-state index in [0.29, 0.717) is 31.4 Å². The Balaban J connectivity index is 1.52. The minimum atomic E-state index is 0.534. The Hall–Kier alpha value is -2.03. The Kier molecular flexibility index (Phi) is 4.94. The molecule has 0 aromatic carbocycles. The second-order valence-electron chi connectivity index (χ2n) is 4.63. The van der Waals surface area contributed by atoms with Crippen LogP contribution in [0, 0.1) is 0 Å². The van der Waals surface area contributed by atoms with Gasteiger partial charge in [-0.05, 0) is 11.4 Å². The standard InChI is InChI=1S/C14H17N5O2S/c1-20-7-6-19-5-4-16-13(19)10-15-9-12-17-14(21-18-12)11-3-2-8-22-11/h2-5,8,15H,6-7,9-10H2,1H3. The molecule has 7 nitrogen and oxygen atoms in total. The zero-order valence-corrected chi connectivity index (χ0v) is 13.0. The lowest BCUT2D eigenvalue weighted by molar-refractivity contribution is 0.186. The van der Waals surface area contributed by atoms with E-state index in [9.17, 15) is 0 Å². The van der Waals surface area contributed by atoms with Crippen molar-refractivity contribution in [3.63, 3.8) is 0 Å². The largest absolute Gasteiger partial charge is 0.383 e. The molecule has 3 heterocycles. The summed E-state index contributed by atoms with van der Waals surface area (Å²) < 4.78 is 12.4. The van der Waals surface area contributed by atoms with Crippen LogP contribution in [-0.2, 0) is 24.4 Å². The van der Waals surface area contributed by atoms with E-state index in [2.05, 4.69) is 25.0 Å². The average Bonchev–Trinajstić information content (AvgIpc) is 3.26. The highest BCUT2D eigenvalue weighted by Crippen LogP contribution is 2.22. The third kappa shape index (κ3) is 3.59. The molecule has 0 aliphatic carbocycles. The molecule has 0 saturated heterocycles. The second-order valence-corrected chi connectivity index (χ2v) is 5.57. The Morgan fingerprint density at radius 1 is 1.41 bits per heavy atom. The van der Waals surface area contributed by atoms with Crippen molar-refractivity contribution in [3.05, 3.63) is 41.6 Å². The maximum absolute atomic E-state index is 5.25. The van der Waals surface area contributed by atoms with Gasteiger partial charge >= 0.3 is 0 Å². The van der Waals surface area contributed by atoms with E-state index in [-0.39, 0.29) is 0 Å². The fourth-order valence-corrected chi connectivity index (χ4v) is 2.66. The monoisotopic (exact) mass is 319 g/mol. The van der Waals surface area contributed by atoms with E-state index in [1.165, 1.54) is 0 Å². The smallest absolute Gasteiger partial charge is 0.268 e. The molecule has 0 aliphatic rings. The number of thiophene rings is 1. The Morgan fingerprint density at radius 2 is 2.36 bits per heavy atom. The van der Waals surface area contributed by atoms with Crippen LogP contribution in [0.1, 0.15) is 11.6 Å². The highest BCUT2D eigenvalue weighted by molar-refractivity contribution is 7.13. The molecule has 0 aliphatic heterocycles. The molecule has 0 radical (unpaired) electrons. The third-order valence-electron chi connectivity index (χ3n) is 3.10. The number of rotatable bonds is 8. The van der Waals surface area contributed by atoms with Crippen molar-refractivity contribution in [2.45, 2.75) is 19.6 Å². The number of hydrogen-bond donors (Lipinski definition) is 1. The van der Waals surface area contributed by atoms with E-state index >= 15 is 0 Å². The van der Waals surface area contributed by atoms with Crippen molar-refractivity contribution in [1.29, 1.82) is 0 Å². The van der Waals surface area contributed by atoms with Crippen molar-refractivity contribution in [3.8, 4) is 10.8 Å². The number of nitrogens with zero attached hydrogens (tertiary/aromatic N) is 4. The first-order chi connectivity index (χ1) is 10.9. The van der Waals surface area contributed by atoms with E-state index in [1.807, 2.05) is 23.7 Å². The average molecular weight is 319 g/mol. The summed E-state index contributed by atoms with van der Waals surface area (Å²) in [5.41, 5.74) is 0. The van der Waals surface area contributed by atoms with Gasteiger partial charge in [0, 0.05) is 26.0 Å². The summed E-state index contributed by atoms with van der Waals surface area (Å²) in [7, 11) is 1.69. The highest BCUT2D eigenvalue weighted by Gasteiger charge is 2.09. The fraction of sp³-hybridized carbons (Fsp3) is 0.357. The summed E-state index contributed by atoms with van der Waals surface area (Å²) in [6.45, 7) is 2.63. The summed E-state index contributed by atoms with van der Waals surface area (Å²) >= 11 is 1.58. The maximum Gasteiger partial charge on any atom is 0.268 e. The molecule has 0 atom stereocenters. The van der Waals surface area contributed by atoms with Gasteiger partial charge in [0.25, 0.3) is 5.89 Å². The molecule has 0 amide bonds. The van der Waals surface area contributed by atoms with Crippen LogP contribution in [0.25, 0.3) is 10.8 Å². The van der Waals surface area contributed by atoms with Crippen LogP contribution in [0.5, 0.6) is 0 Å². The summed E-state index contributed by atoms with van der Waals surface area (Å²) in [4.78, 5) is 9.68. The highest BCUT2D eigenvalue weighted by atomic mass is 32.1. The molecule has 3 rings (SSSR count). The number of ether oxygens (including phenoxy) is 1. The van der Waals surface area contributed by atoms with Crippen molar-refractivity contribution in [2.24, 2.45) is 0 Å². The van der Waals surface area contributed by atoms with E-state index in [0.717, 1.165) is 17.2 Å². The molecular weight excluding hydrogens is 302 g/mol. The third-order valence-corrected chi connectivity index (χ3v) is 3.96. The molecule has 3 aromatic rings. The molecular formula is C14H17N5O2S. The number of hydrogen-bond acceptors (Lipinski definition) is 7. The van der Waals surface area contributed by atoms with Crippen LogP contribution in [0.4, 0.5) is 0 Å². The van der Waals surface area contributed by atoms with Crippen molar-refractivity contribution >= 4 is 11.3 Å². The van der Waals surface area contributed by atoms with Gasteiger partial charge in [0.2, 0.25) is 0 Å². The van der Waals surface area contributed by atoms with Gasteiger partial charge in [0.05, 0.1) is 24.6 Å². The van der Waals surface area contributed by atoms with Crippen LogP contribution in [0.3, 0.4) is 0 Å². The lowest BCUT2D eigenvalue weighted by Gasteiger charge is -2.07. The van der Waals surface area contributed by atoms with Crippen molar-refractivity contribution < 1.29 is 9.26 Å². The summed E-state index contributed by atoms with van der Waals surface area (Å²) in [6, 6.07) is 3.92. The van der Waals surface area contributed by atoms with Crippen LogP contribution in [0.2, 0.25) is 0 Å². The molecule has 0 fully saturated rings. The van der Waals surface area contributed by atoms with Crippen LogP contribution >= 0.6 is 11.3 Å². The van der Waals surface area contributed by atoms with Gasteiger partial charge in [-0.15, -0.1) is 11.3 Å². The predicted molar refractivity (Wildman–Crippen MR) is 82.3 cm³/mol. The second kappa shape index (κ2) is 7.30. The molecule has 1 N–H and O–H groups in total. The van der Waals surface area contributed by atoms with Crippen LogP contribution < -0.4 is 5.32 Å². The SMILES string of the molecule is COCCn1ccnc1CNCc1noc(-c2cccs2)n1. The lowest BCUT2D eigenvalue weighted by atomic mass is 10.4. The summed E-state index contributed by atoms with van der Waals surface area (Å²) in [5.74, 6) is 2.16. The van der Waals surface area contributed by atoms with Gasteiger partial charge in [-0.1, -0.05) is 11.2 Å². The molecule has 8 heteroatoms. The van der Waals surface area contributed by atoms with Crippen molar-refractivity contribution in [1.82, 2.24) is 25.0 Å². The van der Waals surface area contributed by atoms with E-state index in [1.54, 1.807) is 24.6 Å². The number of imidazole rings is 1. The van der Waals surface area contributed by atoms with Gasteiger partial charge in [-0.25, -0.2) is 4.98 Å². The van der Waals surface area contributed by atoms with Gasteiger partial charge in [-0.3, -0.25) is 0 Å². The molecule has 116 valence electrons. The first kappa shape index (κ1) is 14.9. The first-order valence-corrected chi connectivity index (χ1v) is 7.81. The van der Waals surface area contributed by atoms with Crippen LogP contribution in [-0.4, -0.2) is 33.4 Å². The quantitative estimate of drug-likeness (QED) is 0.683. The molecule has 3 aromatic heterocycles. The topological polar surface area (TPSA) is 78.0 Å². The van der Waals surface area contributed by atoms with Crippen molar-refractivity contribution in [2.75, 3.05) is 13.7 Å². The molecule has 0 unspecified atom stereocenters. The van der Waals surface area contributed by atoms with Gasteiger partial charge in [-0.2, -0.15) is 4.98 Å². The minimum Gasteiger partial charge on any atom is -0.383 e. The Morgan fingerprint density at radius 3 is 3.18 bits per heavy atom. The van der Waals surface area contributed by atoms with E-state index < -0.39 is 0 Å². The molecule has 0 spiro atoms. The summed E-state index contributed by atoms with van der Waals surface area (Å²) in [6.07, 6.45) is 3.73. The number of methoxy groups -OCH3 is 1. The first-order valence-electron chi connectivity index (χ1n) is 6.93. The van der Waals surface area contributed by atoms with Gasteiger partial charge in [0.15, 0.2) is 5.82 Å². The number of nitrogens with one attached hydrogen (secondary N) is 1. The normalized spacial score (nSPS) is 11.1. The Bertz CT molecular complexity index is 692. The molecule has 0 saturated carbocycles. The predicted octanol–water partition coefficient (Wildman–Crippen LogP) is 1.93. The lowest BCUT2D eigenvalue weighted by Crippen LogP contribution is -2.18. The minimum absolute atomic E-state index is 0.534. The zero-order valence-electron chi connectivity index (χ0n) is 12.2. The van der Waals surface area contributed by atoms with Crippen LogP contribution in [0.15, 0.2) is 34.4 Å². The summed E-state index contributed by atoms with van der Waals surface area (Å²) in [5, 5.41) is 9.23. The Labute approximate surface area is 131 Å². The molecule has 22 heavy (non-hydrogen) atoms. The number of aromatic nitrogens is 4. The van der Waals surface area contributed by atoms with E-state index in [4.69, 9.17) is 9.26 Å². The van der Waals surface area contributed by atoms with Gasteiger partial charge in [0.1, 0.15) is 5.82 Å². The van der Waals surface area contributed by atoms with Gasteiger partial charge < -0.3 is 19.1 Å².